The van der Waals surface area contributed by atoms with E-state index in [9.17, 15) is 13.5 Å². The Bertz CT molecular complexity index is 237. The smallest absolute Gasteiger partial charge is 0.150 e. The Balaban J connectivity index is 3.50. The van der Waals surface area contributed by atoms with E-state index in [1.165, 1.54) is 0 Å². The fourth-order valence-electron chi connectivity index (χ4n) is 1.19. The highest BCUT2D eigenvalue weighted by molar-refractivity contribution is 7.99. The van der Waals surface area contributed by atoms with Gasteiger partial charge in [0, 0.05) is 5.75 Å². The quantitative estimate of drug-likeness (QED) is 0.636. The van der Waals surface area contributed by atoms with Crippen LogP contribution in [0.15, 0.2) is 0 Å². The van der Waals surface area contributed by atoms with Gasteiger partial charge in [0.05, 0.1) is 11.9 Å². The molecule has 0 aliphatic carbocycles. The average Bonchev–Trinajstić information content (AvgIpc) is 2.18. The van der Waals surface area contributed by atoms with Gasteiger partial charge in [0.2, 0.25) is 0 Å². The standard InChI is InChI=1S/C10H22O3S2/c1-3-14-8-7-10(11)6-5-9-15(12,13)4-2/h10-11H,3-9H2,1-2H3. The van der Waals surface area contributed by atoms with E-state index in [1.807, 2.05) is 0 Å². The molecule has 0 aromatic rings. The largest absolute Gasteiger partial charge is 0.393 e. The van der Waals surface area contributed by atoms with E-state index < -0.39 is 9.84 Å². The van der Waals surface area contributed by atoms with Crippen LogP contribution in [-0.4, -0.2) is 42.6 Å². The summed E-state index contributed by atoms with van der Waals surface area (Å²) in [4.78, 5) is 0. The van der Waals surface area contributed by atoms with Crippen LogP contribution in [0.5, 0.6) is 0 Å². The second kappa shape index (κ2) is 8.42. The van der Waals surface area contributed by atoms with Crippen LogP contribution in [0.2, 0.25) is 0 Å². The van der Waals surface area contributed by atoms with E-state index in [1.54, 1.807) is 18.7 Å². The van der Waals surface area contributed by atoms with Crippen molar-refractivity contribution in [1.82, 2.24) is 0 Å². The molecule has 0 heterocycles. The lowest BCUT2D eigenvalue weighted by Gasteiger charge is -2.09. The van der Waals surface area contributed by atoms with Gasteiger partial charge in [-0.15, -0.1) is 0 Å². The summed E-state index contributed by atoms with van der Waals surface area (Å²) in [5.41, 5.74) is 0. The zero-order chi connectivity index (χ0) is 11.7. The molecule has 0 fully saturated rings. The van der Waals surface area contributed by atoms with Gasteiger partial charge >= 0.3 is 0 Å². The molecule has 1 atom stereocenters. The molecule has 0 aromatic carbocycles. The van der Waals surface area contributed by atoms with E-state index in [0.717, 1.165) is 17.9 Å². The Kier molecular flexibility index (Phi) is 8.56. The van der Waals surface area contributed by atoms with Crippen molar-refractivity contribution in [2.24, 2.45) is 0 Å². The van der Waals surface area contributed by atoms with Gasteiger partial charge in [-0.1, -0.05) is 13.8 Å². The fourth-order valence-corrected chi connectivity index (χ4v) is 2.81. The molecule has 15 heavy (non-hydrogen) atoms. The minimum atomic E-state index is -2.86. The van der Waals surface area contributed by atoms with Crippen LogP contribution < -0.4 is 0 Å². The first kappa shape index (κ1) is 15.3. The maximum absolute atomic E-state index is 11.2. The van der Waals surface area contributed by atoms with Crippen molar-refractivity contribution in [1.29, 1.82) is 0 Å². The number of aliphatic hydroxyl groups is 1. The zero-order valence-corrected chi connectivity index (χ0v) is 11.2. The summed E-state index contributed by atoms with van der Waals surface area (Å²) in [7, 11) is -2.86. The first-order chi connectivity index (χ1) is 7.02. The monoisotopic (exact) mass is 254 g/mol. The van der Waals surface area contributed by atoms with Crippen LogP contribution in [0.1, 0.15) is 33.1 Å². The van der Waals surface area contributed by atoms with Crippen molar-refractivity contribution in [3.8, 4) is 0 Å². The average molecular weight is 254 g/mol. The van der Waals surface area contributed by atoms with Crippen molar-refractivity contribution < 1.29 is 13.5 Å². The minimum Gasteiger partial charge on any atom is -0.393 e. The maximum Gasteiger partial charge on any atom is 0.150 e. The third kappa shape index (κ3) is 9.20. The van der Waals surface area contributed by atoms with Crippen LogP contribution in [0.25, 0.3) is 0 Å². The molecule has 0 radical (unpaired) electrons. The molecular formula is C10H22O3S2. The van der Waals surface area contributed by atoms with Gasteiger partial charge < -0.3 is 5.11 Å². The highest BCUT2D eigenvalue weighted by Crippen LogP contribution is 2.09. The van der Waals surface area contributed by atoms with Gasteiger partial charge in [0.1, 0.15) is 9.84 Å². The number of hydrogen-bond donors (Lipinski definition) is 1. The zero-order valence-electron chi connectivity index (χ0n) is 9.61. The SMILES string of the molecule is CCSCCC(O)CCCS(=O)(=O)CC. The van der Waals surface area contributed by atoms with Gasteiger partial charge in [-0.25, -0.2) is 8.42 Å². The Hall–Kier alpha value is 0.260. The van der Waals surface area contributed by atoms with Crippen LogP contribution >= 0.6 is 11.8 Å². The van der Waals surface area contributed by atoms with Crippen molar-refractivity contribution in [3.63, 3.8) is 0 Å². The molecule has 0 rings (SSSR count). The molecule has 0 spiro atoms. The Morgan fingerprint density at radius 3 is 2.47 bits per heavy atom. The van der Waals surface area contributed by atoms with Crippen LogP contribution in [0, 0.1) is 0 Å². The summed E-state index contributed by atoms with van der Waals surface area (Å²) < 4.78 is 22.3. The molecule has 0 bridgehead atoms. The second-order valence-electron chi connectivity index (χ2n) is 3.52. The summed E-state index contributed by atoms with van der Waals surface area (Å²) in [5, 5.41) is 9.54. The molecule has 5 heteroatoms. The Labute approximate surface area is 97.6 Å². The predicted octanol–water partition coefficient (Wildman–Crippen LogP) is 1.71. The van der Waals surface area contributed by atoms with Gasteiger partial charge in [-0.3, -0.25) is 0 Å². The number of aliphatic hydroxyl groups excluding tert-OH is 1. The lowest BCUT2D eigenvalue weighted by atomic mass is 10.2. The molecule has 1 unspecified atom stereocenters. The minimum absolute atomic E-state index is 0.203. The van der Waals surface area contributed by atoms with E-state index in [2.05, 4.69) is 6.92 Å². The third-order valence-electron chi connectivity index (χ3n) is 2.23. The lowest BCUT2D eigenvalue weighted by molar-refractivity contribution is 0.161. The van der Waals surface area contributed by atoms with Crippen molar-refractivity contribution in [2.75, 3.05) is 23.0 Å². The molecule has 0 saturated heterocycles. The summed E-state index contributed by atoms with van der Waals surface area (Å²) in [6.45, 7) is 3.74. The summed E-state index contributed by atoms with van der Waals surface area (Å²) >= 11 is 1.80. The van der Waals surface area contributed by atoms with Crippen LogP contribution in [0.3, 0.4) is 0 Å². The van der Waals surface area contributed by atoms with Crippen molar-refractivity contribution in [2.45, 2.75) is 39.2 Å². The Morgan fingerprint density at radius 2 is 1.93 bits per heavy atom. The fraction of sp³-hybridized carbons (Fsp3) is 1.00. The van der Waals surface area contributed by atoms with Crippen molar-refractivity contribution >= 4 is 21.6 Å². The second-order valence-corrected chi connectivity index (χ2v) is 7.38. The number of rotatable bonds is 9. The van der Waals surface area contributed by atoms with Gasteiger partial charge in [0.15, 0.2) is 0 Å². The van der Waals surface area contributed by atoms with E-state index >= 15 is 0 Å². The van der Waals surface area contributed by atoms with E-state index in [0.29, 0.717) is 12.8 Å². The molecule has 92 valence electrons. The third-order valence-corrected chi connectivity index (χ3v) is 4.96. The lowest BCUT2D eigenvalue weighted by Crippen LogP contribution is -2.13. The normalized spacial score (nSPS) is 14.1. The first-order valence-corrected chi connectivity index (χ1v) is 8.45. The summed E-state index contributed by atoms with van der Waals surface area (Å²) in [6.07, 6.45) is 1.61. The predicted molar refractivity (Wildman–Crippen MR) is 67.2 cm³/mol. The molecule has 0 amide bonds. The Morgan fingerprint density at radius 1 is 1.27 bits per heavy atom. The van der Waals surface area contributed by atoms with Gasteiger partial charge in [-0.2, -0.15) is 11.8 Å². The van der Waals surface area contributed by atoms with Crippen LogP contribution in [0.4, 0.5) is 0 Å². The number of hydrogen-bond acceptors (Lipinski definition) is 4. The molecule has 1 N–H and O–H groups in total. The number of sulfone groups is 1. The number of thioether (sulfide) groups is 1. The highest BCUT2D eigenvalue weighted by atomic mass is 32.2. The van der Waals surface area contributed by atoms with E-state index in [-0.39, 0.29) is 17.6 Å². The molecule has 0 aliphatic heterocycles. The van der Waals surface area contributed by atoms with Gasteiger partial charge in [-0.05, 0) is 30.8 Å². The van der Waals surface area contributed by atoms with Gasteiger partial charge in [0.25, 0.3) is 0 Å². The molecule has 0 aromatic heterocycles. The topological polar surface area (TPSA) is 54.4 Å². The van der Waals surface area contributed by atoms with Crippen molar-refractivity contribution in [3.05, 3.63) is 0 Å². The first-order valence-electron chi connectivity index (χ1n) is 5.48. The maximum atomic E-state index is 11.2. The highest BCUT2D eigenvalue weighted by Gasteiger charge is 2.09. The summed E-state index contributed by atoms with van der Waals surface area (Å²) in [5.74, 6) is 2.44. The molecule has 3 nitrogen and oxygen atoms in total. The molecular weight excluding hydrogens is 232 g/mol. The van der Waals surface area contributed by atoms with Crippen LogP contribution in [-0.2, 0) is 9.84 Å². The molecule has 0 aliphatic rings. The summed E-state index contributed by atoms with van der Waals surface area (Å²) in [6, 6.07) is 0. The molecule has 0 saturated carbocycles. The van der Waals surface area contributed by atoms with E-state index in [4.69, 9.17) is 0 Å².